The molecule has 0 bridgehead atoms. The lowest BCUT2D eigenvalue weighted by molar-refractivity contribution is 0.0284. The van der Waals surface area contributed by atoms with E-state index < -0.39 is 0 Å². The number of ether oxygens (including phenoxy) is 1. The first kappa shape index (κ1) is 18.9. The van der Waals surface area contributed by atoms with E-state index >= 15 is 0 Å². The Bertz CT molecular complexity index is 742. The fraction of sp³-hybridized carbons (Fsp3) is 0.500. The highest BCUT2D eigenvalue weighted by molar-refractivity contribution is 6.32. The summed E-state index contributed by atoms with van der Waals surface area (Å²) in [6.45, 7) is 1.85. The molecular formula is C20H26ClN3O2. The number of anilines is 1. The van der Waals surface area contributed by atoms with Crippen molar-refractivity contribution in [3.8, 4) is 0 Å². The predicted octanol–water partition coefficient (Wildman–Crippen LogP) is 4.10. The van der Waals surface area contributed by atoms with Crippen LogP contribution in [0.4, 0.5) is 5.69 Å². The predicted molar refractivity (Wildman–Crippen MR) is 105 cm³/mol. The van der Waals surface area contributed by atoms with Crippen LogP contribution in [-0.4, -0.2) is 29.0 Å². The summed E-state index contributed by atoms with van der Waals surface area (Å²) in [5.74, 6) is 0. The summed E-state index contributed by atoms with van der Waals surface area (Å²) in [5, 5.41) is 7.61. The lowest BCUT2D eigenvalue weighted by Gasteiger charge is -2.22. The Hall–Kier alpha value is -1.85. The molecule has 1 fully saturated rings. The van der Waals surface area contributed by atoms with Crippen LogP contribution in [-0.2, 0) is 11.3 Å². The highest BCUT2D eigenvalue weighted by atomic mass is 35.5. The number of benzene rings is 1. The average molecular weight is 376 g/mol. The number of nitrogens with zero attached hydrogens (tertiary/aromatic N) is 2. The summed E-state index contributed by atoms with van der Waals surface area (Å²) >= 11 is 6.23. The van der Waals surface area contributed by atoms with Crippen LogP contribution < -0.4 is 10.9 Å². The van der Waals surface area contributed by atoms with E-state index in [2.05, 4.69) is 10.4 Å². The maximum atomic E-state index is 12.4. The summed E-state index contributed by atoms with van der Waals surface area (Å²) in [6, 6.07) is 9.74. The molecule has 0 amide bonds. The maximum Gasteiger partial charge on any atom is 0.287 e. The van der Waals surface area contributed by atoms with Crippen LogP contribution in [0.25, 0.3) is 0 Å². The lowest BCUT2D eigenvalue weighted by atomic mass is 9.98. The lowest BCUT2D eigenvalue weighted by Crippen LogP contribution is -2.25. The third-order valence-electron chi connectivity index (χ3n) is 4.70. The van der Waals surface area contributed by atoms with Crippen molar-refractivity contribution >= 4 is 17.3 Å². The SMILES string of the molecule is O=c1c(Cl)c(NCCCOC2CCCCC2)cnn1Cc1ccccc1. The quantitative estimate of drug-likeness (QED) is 0.706. The van der Waals surface area contributed by atoms with Gasteiger partial charge in [0.15, 0.2) is 0 Å². The van der Waals surface area contributed by atoms with E-state index in [0.717, 1.165) is 18.6 Å². The Morgan fingerprint density at radius 2 is 1.96 bits per heavy atom. The Labute approximate surface area is 159 Å². The van der Waals surface area contributed by atoms with Crippen molar-refractivity contribution < 1.29 is 4.74 Å². The summed E-state index contributed by atoms with van der Waals surface area (Å²) < 4.78 is 7.29. The summed E-state index contributed by atoms with van der Waals surface area (Å²) in [7, 11) is 0. The van der Waals surface area contributed by atoms with Crippen LogP contribution in [0.3, 0.4) is 0 Å². The zero-order valence-corrected chi connectivity index (χ0v) is 15.8. The third kappa shape index (κ3) is 5.32. The number of hydrogen-bond donors (Lipinski definition) is 1. The molecule has 0 radical (unpaired) electrons. The van der Waals surface area contributed by atoms with E-state index in [4.69, 9.17) is 16.3 Å². The molecule has 0 aliphatic heterocycles. The smallest absolute Gasteiger partial charge is 0.287 e. The first-order valence-electron chi connectivity index (χ1n) is 9.39. The Morgan fingerprint density at radius 1 is 1.19 bits per heavy atom. The van der Waals surface area contributed by atoms with E-state index in [-0.39, 0.29) is 10.6 Å². The number of nitrogens with one attached hydrogen (secondary N) is 1. The molecule has 140 valence electrons. The molecule has 1 aliphatic rings. The molecule has 2 aromatic rings. The summed E-state index contributed by atoms with van der Waals surface area (Å²) in [4.78, 5) is 12.4. The Morgan fingerprint density at radius 3 is 2.73 bits per heavy atom. The molecule has 1 N–H and O–H groups in total. The molecule has 6 heteroatoms. The topological polar surface area (TPSA) is 56.1 Å². The van der Waals surface area contributed by atoms with Crippen molar-refractivity contribution in [3.63, 3.8) is 0 Å². The summed E-state index contributed by atoms with van der Waals surface area (Å²) in [5.41, 5.74) is 1.32. The van der Waals surface area contributed by atoms with Crippen molar-refractivity contribution in [1.29, 1.82) is 0 Å². The van der Waals surface area contributed by atoms with Crippen molar-refractivity contribution in [2.75, 3.05) is 18.5 Å². The molecule has 1 aromatic carbocycles. The van der Waals surface area contributed by atoms with E-state index in [9.17, 15) is 4.79 Å². The molecule has 1 aromatic heterocycles. The van der Waals surface area contributed by atoms with Gasteiger partial charge in [0.2, 0.25) is 0 Å². The molecule has 1 aliphatic carbocycles. The van der Waals surface area contributed by atoms with Crippen molar-refractivity contribution in [2.24, 2.45) is 0 Å². The zero-order valence-electron chi connectivity index (χ0n) is 15.0. The molecule has 5 nitrogen and oxygen atoms in total. The van der Waals surface area contributed by atoms with E-state index in [1.165, 1.54) is 36.8 Å². The number of rotatable bonds is 8. The number of aromatic nitrogens is 2. The summed E-state index contributed by atoms with van der Waals surface area (Å²) in [6.07, 6.45) is 9.19. The monoisotopic (exact) mass is 375 g/mol. The minimum atomic E-state index is -0.279. The van der Waals surface area contributed by atoms with Gasteiger partial charge in [-0.2, -0.15) is 5.10 Å². The second-order valence-corrected chi connectivity index (χ2v) is 7.11. The standard InChI is InChI=1S/C20H26ClN3O2/c21-19-18(22-12-7-13-26-17-10-5-2-6-11-17)14-23-24(20(19)25)15-16-8-3-1-4-9-16/h1,3-4,8-9,14,17,22H,2,5-7,10-13,15H2. The second kappa shape index (κ2) is 9.74. The fourth-order valence-corrected chi connectivity index (χ4v) is 3.45. The van der Waals surface area contributed by atoms with Crippen LogP contribution >= 0.6 is 11.6 Å². The molecular weight excluding hydrogens is 350 g/mol. The molecule has 3 rings (SSSR count). The van der Waals surface area contributed by atoms with E-state index in [1.54, 1.807) is 6.20 Å². The molecule has 26 heavy (non-hydrogen) atoms. The van der Waals surface area contributed by atoms with Gasteiger partial charge in [0, 0.05) is 13.2 Å². The maximum absolute atomic E-state index is 12.4. The molecule has 0 atom stereocenters. The van der Waals surface area contributed by atoms with E-state index in [0.29, 0.717) is 24.9 Å². The van der Waals surface area contributed by atoms with E-state index in [1.807, 2.05) is 30.3 Å². The van der Waals surface area contributed by atoms with Gasteiger partial charge in [-0.25, -0.2) is 4.68 Å². The first-order valence-corrected chi connectivity index (χ1v) is 9.77. The minimum absolute atomic E-state index is 0.184. The van der Waals surface area contributed by atoms with Gasteiger partial charge in [0.1, 0.15) is 5.02 Å². The highest BCUT2D eigenvalue weighted by Crippen LogP contribution is 2.20. The fourth-order valence-electron chi connectivity index (χ4n) is 3.23. The van der Waals surface area contributed by atoms with Gasteiger partial charge >= 0.3 is 0 Å². The third-order valence-corrected chi connectivity index (χ3v) is 5.07. The van der Waals surface area contributed by atoms with Crippen LogP contribution in [0.2, 0.25) is 5.02 Å². The van der Waals surface area contributed by atoms with Crippen LogP contribution in [0.5, 0.6) is 0 Å². The molecule has 1 heterocycles. The van der Waals surface area contributed by atoms with Gasteiger partial charge in [-0.1, -0.05) is 61.2 Å². The number of halogens is 1. The molecule has 0 spiro atoms. The normalized spacial score (nSPS) is 15.1. The highest BCUT2D eigenvalue weighted by Gasteiger charge is 2.13. The van der Waals surface area contributed by atoms with Crippen LogP contribution in [0, 0.1) is 0 Å². The van der Waals surface area contributed by atoms with Gasteiger partial charge in [0.05, 0.1) is 24.5 Å². The molecule has 0 unspecified atom stereocenters. The second-order valence-electron chi connectivity index (χ2n) is 6.73. The van der Waals surface area contributed by atoms with Gasteiger partial charge in [-0.15, -0.1) is 0 Å². The average Bonchev–Trinajstić information content (AvgIpc) is 2.68. The van der Waals surface area contributed by atoms with Gasteiger partial charge < -0.3 is 10.1 Å². The first-order chi connectivity index (χ1) is 12.7. The largest absolute Gasteiger partial charge is 0.382 e. The van der Waals surface area contributed by atoms with Gasteiger partial charge in [0.25, 0.3) is 5.56 Å². The van der Waals surface area contributed by atoms with Crippen molar-refractivity contribution in [2.45, 2.75) is 51.2 Å². The molecule has 0 saturated heterocycles. The van der Waals surface area contributed by atoms with Gasteiger partial charge in [-0.3, -0.25) is 4.79 Å². The minimum Gasteiger partial charge on any atom is -0.382 e. The Balaban J connectivity index is 1.47. The molecule has 1 saturated carbocycles. The Kier molecular flexibility index (Phi) is 7.09. The van der Waals surface area contributed by atoms with Gasteiger partial charge in [-0.05, 0) is 24.8 Å². The van der Waals surface area contributed by atoms with Crippen LogP contribution in [0.1, 0.15) is 44.1 Å². The van der Waals surface area contributed by atoms with Crippen LogP contribution in [0.15, 0.2) is 41.3 Å². The number of hydrogen-bond acceptors (Lipinski definition) is 4. The van der Waals surface area contributed by atoms with Crippen molar-refractivity contribution in [1.82, 2.24) is 9.78 Å². The zero-order chi connectivity index (χ0) is 18.2. The van der Waals surface area contributed by atoms with Crippen molar-refractivity contribution in [3.05, 3.63) is 57.5 Å².